The largest absolute Gasteiger partial charge is 0.479 e. The summed E-state index contributed by atoms with van der Waals surface area (Å²) in [5, 5.41) is 25.8. The maximum atomic E-state index is 10.7. The Kier molecular flexibility index (Phi) is 6.05. The van der Waals surface area contributed by atoms with Crippen LogP contribution >= 0.6 is 0 Å². The second kappa shape index (κ2) is 6.78. The fourth-order valence-corrected chi connectivity index (χ4v) is 0.854. The predicted octanol–water partition coefficient (Wildman–Crippen LogP) is -0.366. The van der Waals surface area contributed by atoms with Gasteiger partial charge in [-0.05, 0) is 13.0 Å². The topological polar surface area (TPSA) is 104 Å². The Labute approximate surface area is 86.1 Å². The van der Waals surface area contributed by atoms with Crippen LogP contribution in [-0.4, -0.2) is 46.6 Å². The summed E-state index contributed by atoms with van der Waals surface area (Å²) in [5.41, 5.74) is 1.78. The molecule has 0 spiro atoms. The van der Waals surface area contributed by atoms with E-state index >= 15 is 0 Å². The molecule has 0 aliphatic heterocycles. The van der Waals surface area contributed by atoms with Gasteiger partial charge in [-0.2, -0.15) is 0 Å². The Hall–Kier alpha value is -1.62. The number of carbonyl (C=O) groups is 2. The molecule has 0 fully saturated rings. The van der Waals surface area contributed by atoms with E-state index in [-0.39, 0.29) is 13.2 Å². The average Bonchev–Trinajstić information content (AvgIpc) is 2.16. The predicted molar refractivity (Wildman–Crippen MR) is 49.4 cm³/mol. The minimum atomic E-state index is -1.62. The van der Waals surface area contributed by atoms with E-state index in [1.165, 1.54) is 13.0 Å². The van der Waals surface area contributed by atoms with Crippen LogP contribution in [0.2, 0.25) is 0 Å². The van der Waals surface area contributed by atoms with Crippen molar-refractivity contribution < 1.29 is 29.6 Å². The number of ether oxygens (including phenoxy) is 1. The SMILES string of the molecule is CC=C=C(C(=O)O)C(OCCO)C(=O)O. The van der Waals surface area contributed by atoms with Gasteiger partial charge in [0.2, 0.25) is 0 Å². The summed E-state index contributed by atoms with van der Waals surface area (Å²) in [4.78, 5) is 21.4. The van der Waals surface area contributed by atoms with Gasteiger partial charge in [0.25, 0.3) is 0 Å². The Morgan fingerprint density at radius 1 is 1.47 bits per heavy atom. The zero-order valence-electron chi connectivity index (χ0n) is 8.14. The molecule has 0 radical (unpaired) electrons. The highest BCUT2D eigenvalue weighted by Gasteiger charge is 2.27. The van der Waals surface area contributed by atoms with Crippen molar-refractivity contribution in [3.63, 3.8) is 0 Å². The molecule has 0 aromatic rings. The number of aliphatic hydroxyl groups is 1. The fourth-order valence-electron chi connectivity index (χ4n) is 0.854. The molecule has 1 atom stereocenters. The van der Waals surface area contributed by atoms with Crippen LogP contribution in [0.5, 0.6) is 0 Å². The van der Waals surface area contributed by atoms with Crippen molar-refractivity contribution in [2.24, 2.45) is 0 Å². The zero-order chi connectivity index (χ0) is 11.8. The quantitative estimate of drug-likeness (QED) is 0.413. The van der Waals surface area contributed by atoms with Crippen LogP contribution in [0.4, 0.5) is 0 Å². The van der Waals surface area contributed by atoms with Crippen LogP contribution in [0.15, 0.2) is 17.4 Å². The van der Waals surface area contributed by atoms with E-state index in [1.807, 2.05) is 0 Å². The van der Waals surface area contributed by atoms with E-state index in [0.29, 0.717) is 0 Å². The third kappa shape index (κ3) is 4.42. The van der Waals surface area contributed by atoms with Crippen LogP contribution in [0.3, 0.4) is 0 Å². The molecule has 0 heterocycles. The minimum absolute atomic E-state index is 0.251. The lowest BCUT2D eigenvalue weighted by Crippen LogP contribution is -2.30. The smallest absolute Gasteiger partial charge is 0.342 e. The monoisotopic (exact) mass is 216 g/mol. The highest BCUT2D eigenvalue weighted by Crippen LogP contribution is 2.06. The molecular weight excluding hydrogens is 204 g/mol. The number of aliphatic hydroxyl groups excluding tert-OH is 1. The Morgan fingerprint density at radius 2 is 2.07 bits per heavy atom. The standard InChI is InChI=1S/C9H12O6/c1-2-3-6(8(11)12)7(9(13)14)15-5-4-10/h2,7,10H,4-5H2,1H3,(H,11,12)(H,13,14). The number of carboxylic acid groups (broad SMARTS) is 2. The number of hydrogen-bond acceptors (Lipinski definition) is 4. The van der Waals surface area contributed by atoms with E-state index in [0.717, 1.165) is 0 Å². The second-order valence-corrected chi connectivity index (χ2v) is 2.46. The summed E-state index contributed by atoms with van der Waals surface area (Å²) in [6.45, 7) is 0.875. The second-order valence-electron chi connectivity index (χ2n) is 2.46. The van der Waals surface area contributed by atoms with Crippen LogP contribution in [0.1, 0.15) is 6.92 Å². The van der Waals surface area contributed by atoms with Crippen molar-refractivity contribution in [3.05, 3.63) is 17.4 Å². The summed E-state index contributed by atoms with van der Waals surface area (Å²) in [6, 6.07) is 0. The Morgan fingerprint density at radius 3 is 2.40 bits per heavy atom. The highest BCUT2D eigenvalue weighted by molar-refractivity contribution is 5.95. The van der Waals surface area contributed by atoms with Crippen molar-refractivity contribution in [3.8, 4) is 0 Å². The van der Waals surface area contributed by atoms with Gasteiger partial charge in [-0.15, -0.1) is 5.73 Å². The van der Waals surface area contributed by atoms with Crippen molar-refractivity contribution in [1.82, 2.24) is 0 Å². The maximum absolute atomic E-state index is 10.7. The van der Waals surface area contributed by atoms with Gasteiger partial charge in [0.15, 0.2) is 6.10 Å². The summed E-state index contributed by atoms with van der Waals surface area (Å²) >= 11 is 0. The van der Waals surface area contributed by atoms with Crippen molar-refractivity contribution in [1.29, 1.82) is 0 Å². The molecule has 0 bridgehead atoms. The molecule has 0 saturated heterocycles. The van der Waals surface area contributed by atoms with Gasteiger partial charge in [-0.3, -0.25) is 0 Å². The van der Waals surface area contributed by atoms with E-state index in [4.69, 9.17) is 15.3 Å². The van der Waals surface area contributed by atoms with E-state index in [1.54, 1.807) is 0 Å². The number of aliphatic carboxylic acids is 2. The van der Waals surface area contributed by atoms with Crippen LogP contribution in [0.25, 0.3) is 0 Å². The molecule has 3 N–H and O–H groups in total. The Balaban J connectivity index is 4.94. The lowest BCUT2D eigenvalue weighted by molar-refractivity contribution is -0.151. The third-order valence-corrected chi connectivity index (χ3v) is 1.39. The van der Waals surface area contributed by atoms with Crippen LogP contribution in [0, 0.1) is 0 Å². The molecule has 0 aliphatic rings. The highest BCUT2D eigenvalue weighted by atomic mass is 16.5. The number of rotatable bonds is 6. The minimum Gasteiger partial charge on any atom is -0.479 e. The van der Waals surface area contributed by atoms with Crippen molar-refractivity contribution >= 4 is 11.9 Å². The molecule has 0 rings (SSSR count). The van der Waals surface area contributed by atoms with E-state index in [2.05, 4.69) is 10.5 Å². The molecule has 6 nitrogen and oxygen atoms in total. The molecule has 0 aromatic heterocycles. The molecule has 0 amide bonds. The van der Waals surface area contributed by atoms with Crippen LogP contribution in [-0.2, 0) is 14.3 Å². The number of hydrogen-bond donors (Lipinski definition) is 3. The fraction of sp³-hybridized carbons (Fsp3) is 0.444. The lowest BCUT2D eigenvalue weighted by Gasteiger charge is -2.11. The molecule has 0 aromatic carbocycles. The Bertz CT molecular complexity index is 300. The van der Waals surface area contributed by atoms with Crippen molar-refractivity contribution in [2.75, 3.05) is 13.2 Å². The molecule has 84 valence electrons. The average molecular weight is 216 g/mol. The third-order valence-electron chi connectivity index (χ3n) is 1.39. The van der Waals surface area contributed by atoms with Gasteiger partial charge in [0, 0.05) is 0 Å². The van der Waals surface area contributed by atoms with E-state index < -0.39 is 23.6 Å². The summed E-state index contributed by atoms with van der Waals surface area (Å²) in [7, 11) is 0. The van der Waals surface area contributed by atoms with E-state index in [9.17, 15) is 9.59 Å². The maximum Gasteiger partial charge on any atom is 0.342 e. The van der Waals surface area contributed by atoms with Gasteiger partial charge in [0.1, 0.15) is 5.57 Å². The molecule has 0 aliphatic carbocycles. The summed E-state index contributed by atoms with van der Waals surface area (Å²) < 4.78 is 4.68. The first-order valence-corrected chi connectivity index (χ1v) is 4.14. The molecule has 0 saturated carbocycles. The lowest BCUT2D eigenvalue weighted by atomic mass is 10.1. The molecule has 1 unspecified atom stereocenters. The van der Waals surface area contributed by atoms with Crippen LogP contribution < -0.4 is 0 Å². The zero-order valence-corrected chi connectivity index (χ0v) is 8.14. The van der Waals surface area contributed by atoms with Gasteiger partial charge >= 0.3 is 11.9 Å². The molecule has 6 heteroatoms. The number of carboxylic acids is 2. The van der Waals surface area contributed by atoms with Gasteiger partial charge < -0.3 is 20.1 Å². The first-order valence-electron chi connectivity index (χ1n) is 4.14. The van der Waals surface area contributed by atoms with Gasteiger partial charge in [-0.1, -0.05) is 0 Å². The summed E-state index contributed by atoms with van der Waals surface area (Å²) in [6.07, 6.45) is -0.340. The van der Waals surface area contributed by atoms with Gasteiger partial charge in [-0.25, -0.2) is 9.59 Å². The molecule has 15 heavy (non-hydrogen) atoms. The molecular formula is C9H12O6. The first-order chi connectivity index (χ1) is 7.04. The van der Waals surface area contributed by atoms with Crippen molar-refractivity contribution in [2.45, 2.75) is 13.0 Å². The van der Waals surface area contributed by atoms with Gasteiger partial charge in [0.05, 0.1) is 13.2 Å². The normalized spacial score (nSPS) is 11.3. The first kappa shape index (κ1) is 13.4. The summed E-state index contributed by atoms with van der Waals surface area (Å²) in [5.74, 6) is -2.85.